The largest absolute Gasteiger partial charge is 0.497 e. The standard InChI is InChI=1S/C56H48ClFN6O5/c1-33(37-23-24-39-28-44(67-3)26-25-38(39)27-37)54(65)68-34(2)69-55(66)48-35-19-21-36(22-20-35)50(48)63-32-47(58)46-31-59-51(61-53(46)63)49-45-29-43(57)30-60-52(45)64(62-49)56(40-13-7-4-8-14-40,41-15-9-5-10-16-41)42-17-11-6-12-18-42/h4-18,23-36,48,50H,19-22H2,1-3H3/t33-,34?,35?,36?,48-,50-/m0/s1. The van der Waals surface area contributed by atoms with Crippen LogP contribution in [0.4, 0.5) is 4.39 Å². The number of hydrogen-bond donors (Lipinski definition) is 0. The van der Waals surface area contributed by atoms with E-state index in [0.717, 1.165) is 64.5 Å². The molecule has 0 N–H and O–H groups in total. The number of carbonyl (C=O) groups is 2. The number of methoxy groups -OCH3 is 1. The highest BCUT2D eigenvalue weighted by Gasteiger charge is 2.50. The smallest absolute Gasteiger partial charge is 0.316 e. The number of pyridine rings is 1. The molecule has 346 valence electrons. The Kier molecular flexibility index (Phi) is 11.4. The molecule has 9 aromatic rings. The van der Waals surface area contributed by atoms with Gasteiger partial charge < -0.3 is 18.8 Å². The fraction of sp³-hybridized carbons (Fsp3) is 0.250. The minimum absolute atomic E-state index is 0.0256. The molecule has 4 aromatic heterocycles. The van der Waals surface area contributed by atoms with Crippen LogP contribution in [0.25, 0.3) is 44.4 Å². The van der Waals surface area contributed by atoms with E-state index >= 15 is 4.39 Å². The van der Waals surface area contributed by atoms with Gasteiger partial charge in [0.15, 0.2) is 17.3 Å². The molecule has 2 bridgehead atoms. The maximum absolute atomic E-state index is 16.3. The first-order valence-electron chi connectivity index (χ1n) is 23.4. The van der Waals surface area contributed by atoms with Gasteiger partial charge in [0.05, 0.1) is 40.8 Å². The predicted octanol–water partition coefficient (Wildman–Crippen LogP) is 11.9. The summed E-state index contributed by atoms with van der Waals surface area (Å²) in [6.07, 6.45) is 6.72. The van der Waals surface area contributed by atoms with Gasteiger partial charge in [-0.05, 0) is 95.7 Å². The van der Waals surface area contributed by atoms with E-state index in [0.29, 0.717) is 27.4 Å². The molecule has 0 saturated heterocycles. The van der Waals surface area contributed by atoms with E-state index in [1.165, 1.54) is 12.4 Å². The zero-order valence-electron chi connectivity index (χ0n) is 38.2. The van der Waals surface area contributed by atoms with E-state index in [1.807, 2.05) is 102 Å². The summed E-state index contributed by atoms with van der Waals surface area (Å²) in [4.78, 5) is 42.8. The molecule has 5 aromatic carbocycles. The van der Waals surface area contributed by atoms with Gasteiger partial charge in [0.25, 0.3) is 0 Å². The van der Waals surface area contributed by atoms with Gasteiger partial charge >= 0.3 is 11.9 Å². The van der Waals surface area contributed by atoms with Crippen LogP contribution in [0.2, 0.25) is 5.02 Å². The molecule has 1 unspecified atom stereocenters. The zero-order valence-corrected chi connectivity index (χ0v) is 39.0. The van der Waals surface area contributed by atoms with Gasteiger partial charge in [-0.3, -0.25) is 9.59 Å². The molecular weight excluding hydrogens is 891 g/mol. The third kappa shape index (κ3) is 7.67. The van der Waals surface area contributed by atoms with E-state index in [-0.39, 0.29) is 23.0 Å². The molecule has 4 atom stereocenters. The van der Waals surface area contributed by atoms with Crippen LogP contribution < -0.4 is 4.74 Å². The fourth-order valence-corrected chi connectivity index (χ4v) is 11.2. The second-order valence-corrected chi connectivity index (χ2v) is 18.7. The summed E-state index contributed by atoms with van der Waals surface area (Å²) < 4.78 is 37.1. The topological polar surface area (TPSA) is 123 Å². The highest BCUT2D eigenvalue weighted by atomic mass is 35.5. The molecule has 11 nitrogen and oxygen atoms in total. The van der Waals surface area contributed by atoms with Crippen LogP contribution >= 0.6 is 11.6 Å². The summed E-state index contributed by atoms with van der Waals surface area (Å²) in [6, 6.07) is 43.3. The summed E-state index contributed by atoms with van der Waals surface area (Å²) in [6.45, 7) is 3.33. The molecule has 13 heteroatoms. The Morgan fingerprint density at radius 1 is 0.725 bits per heavy atom. The summed E-state index contributed by atoms with van der Waals surface area (Å²) in [5, 5.41) is 8.54. The van der Waals surface area contributed by atoms with Crippen molar-refractivity contribution < 1.29 is 28.2 Å². The van der Waals surface area contributed by atoms with E-state index in [1.54, 1.807) is 31.7 Å². The van der Waals surface area contributed by atoms with Gasteiger partial charge in [0.1, 0.15) is 22.6 Å². The Balaban J connectivity index is 0.953. The minimum atomic E-state index is -1.16. The van der Waals surface area contributed by atoms with Crippen molar-refractivity contribution >= 4 is 56.4 Å². The van der Waals surface area contributed by atoms with E-state index in [4.69, 9.17) is 45.9 Å². The van der Waals surface area contributed by atoms with Crippen LogP contribution in [-0.4, -0.2) is 54.6 Å². The molecule has 0 radical (unpaired) electrons. The van der Waals surface area contributed by atoms with Crippen molar-refractivity contribution in [2.75, 3.05) is 7.11 Å². The summed E-state index contributed by atoms with van der Waals surface area (Å²) in [7, 11) is 1.62. The summed E-state index contributed by atoms with van der Waals surface area (Å²) >= 11 is 6.73. The third-order valence-electron chi connectivity index (χ3n) is 14.4. The van der Waals surface area contributed by atoms with Gasteiger partial charge in [-0.25, -0.2) is 24.0 Å². The van der Waals surface area contributed by atoms with Crippen LogP contribution in [0.3, 0.4) is 0 Å². The molecule has 0 spiro atoms. The van der Waals surface area contributed by atoms with Crippen LogP contribution in [-0.2, 0) is 24.6 Å². The number of rotatable bonds is 12. The Hall–Kier alpha value is -7.44. The maximum atomic E-state index is 16.3. The average molecular weight is 939 g/mol. The lowest BCUT2D eigenvalue weighted by molar-refractivity contribution is -0.193. The number of nitrogens with zero attached hydrogens (tertiary/aromatic N) is 6. The number of aromatic nitrogens is 6. The predicted molar refractivity (Wildman–Crippen MR) is 262 cm³/mol. The number of benzene rings is 5. The fourth-order valence-electron chi connectivity index (χ4n) is 11.1. The van der Waals surface area contributed by atoms with Crippen molar-refractivity contribution in [1.29, 1.82) is 0 Å². The van der Waals surface area contributed by atoms with E-state index in [2.05, 4.69) is 36.4 Å². The van der Waals surface area contributed by atoms with Crippen molar-refractivity contribution in [2.45, 2.75) is 63.3 Å². The lowest BCUT2D eigenvalue weighted by atomic mass is 9.61. The number of hydrogen-bond acceptors (Lipinski definition) is 9. The molecule has 4 heterocycles. The Labute approximate surface area is 402 Å². The lowest BCUT2D eigenvalue weighted by Crippen LogP contribution is -2.46. The second kappa shape index (κ2) is 17.9. The first kappa shape index (κ1) is 44.1. The molecule has 3 aliphatic carbocycles. The third-order valence-corrected chi connectivity index (χ3v) is 14.6. The lowest BCUT2D eigenvalue weighted by Gasteiger charge is -2.48. The van der Waals surface area contributed by atoms with Crippen molar-refractivity contribution in [3.63, 3.8) is 0 Å². The first-order chi connectivity index (χ1) is 33.6. The SMILES string of the molecule is COc1ccc2cc([C@H](C)C(=O)OC(C)OC(=O)[C@H]3C4CCC(CC4)[C@@H]3n3cc(F)c4cnc(-c5nn(C(c6ccccc6)(c6ccccc6)c6ccccc6)c6ncc(Cl)cc56)nc43)ccc2c1. The van der Waals surface area contributed by atoms with Crippen LogP contribution in [0.1, 0.15) is 73.7 Å². The van der Waals surface area contributed by atoms with E-state index < -0.39 is 47.5 Å². The van der Waals surface area contributed by atoms with Crippen molar-refractivity contribution in [1.82, 2.24) is 29.3 Å². The molecule has 12 rings (SSSR count). The highest BCUT2D eigenvalue weighted by Crippen LogP contribution is 2.53. The van der Waals surface area contributed by atoms with Gasteiger partial charge in [0.2, 0.25) is 6.29 Å². The minimum Gasteiger partial charge on any atom is -0.497 e. The van der Waals surface area contributed by atoms with Crippen LogP contribution in [0.15, 0.2) is 152 Å². The molecule has 3 saturated carbocycles. The number of halogens is 2. The number of ether oxygens (including phenoxy) is 3. The quantitative estimate of drug-likeness (QED) is 0.0669. The molecule has 3 aliphatic rings. The molecule has 0 aliphatic heterocycles. The second-order valence-electron chi connectivity index (χ2n) is 18.2. The number of esters is 2. The molecular formula is C56H48ClFN6O5. The normalized spacial score (nSPS) is 18.9. The monoisotopic (exact) mass is 938 g/mol. The van der Waals surface area contributed by atoms with Gasteiger partial charge in [-0.2, -0.15) is 5.10 Å². The zero-order chi connectivity index (χ0) is 47.4. The van der Waals surface area contributed by atoms with Crippen LogP contribution in [0.5, 0.6) is 5.75 Å². The van der Waals surface area contributed by atoms with E-state index in [9.17, 15) is 9.59 Å². The number of fused-ring (bicyclic) bond motifs is 6. The van der Waals surface area contributed by atoms with Crippen molar-refractivity contribution in [3.8, 4) is 17.3 Å². The van der Waals surface area contributed by atoms with Crippen molar-refractivity contribution in [2.24, 2.45) is 17.8 Å². The van der Waals surface area contributed by atoms with Gasteiger partial charge in [-0.1, -0.05) is 127 Å². The van der Waals surface area contributed by atoms with Crippen molar-refractivity contribution in [3.05, 3.63) is 185 Å². The summed E-state index contributed by atoms with van der Waals surface area (Å²) in [5.41, 5.74) is 3.83. The Bertz CT molecular complexity index is 3280. The summed E-state index contributed by atoms with van der Waals surface area (Å²) in [5.74, 6) is -1.80. The number of carbonyl (C=O) groups excluding carboxylic acids is 2. The van der Waals surface area contributed by atoms with Gasteiger partial charge in [0, 0.05) is 25.5 Å². The molecule has 3 fully saturated rings. The Morgan fingerprint density at radius 3 is 2.00 bits per heavy atom. The maximum Gasteiger partial charge on any atom is 0.316 e. The van der Waals surface area contributed by atoms with Gasteiger partial charge in [-0.15, -0.1) is 0 Å². The van der Waals surface area contributed by atoms with Crippen LogP contribution in [0, 0.1) is 23.6 Å². The highest BCUT2D eigenvalue weighted by molar-refractivity contribution is 6.31. The molecule has 0 amide bonds. The molecule has 69 heavy (non-hydrogen) atoms. The first-order valence-corrected chi connectivity index (χ1v) is 23.7. The Morgan fingerprint density at radius 2 is 1.35 bits per heavy atom. The average Bonchev–Trinajstić information content (AvgIpc) is 3.93.